The lowest BCUT2D eigenvalue weighted by atomic mass is 10.2. The van der Waals surface area contributed by atoms with E-state index in [1.54, 1.807) is 4.90 Å². The standard InChI is InChI=1S/C15H20N2O6/c1-10-7-16(8-11(2)23-10)15(18)9-22-14-6-12(17(19)20)4-5-13(14)21-3/h4-6,10-11H,7-9H2,1-3H3/t10-,11+. The summed E-state index contributed by atoms with van der Waals surface area (Å²) in [6, 6.07) is 4.01. The lowest BCUT2D eigenvalue weighted by Crippen LogP contribution is -2.49. The van der Waals surface area contributed by atoms with Crippen LogP contribution in [-0.2, 0) is 9.53 Å². The maximum Gasteiger partial charge on any atom is 0.273 e. The van der Waals surface area contributed by atoms with Crippen LogP contribution < -0.4 is 9.47 Å². The van der Waals surface area contributed by atoms with E-state index in [1.807, 2.05) is 13.8 Å². The van der Waals surface area contributed by atoms with E-state index in [9.17, 15) is 14.9 Å². The molecule has 8 nitrogen and oxygen atoms in total. The third kappa shape index (κ3) is 4.32. The van der Waals surface area contributed by atoms with E-state index in [4.69, 9.17) is 14.2 Å². The van der Waals surface area contributed by atoms with E-state index in [1.165, 1.54) is 25.3 Å². The molecule has 2 atom stereocenters. The number of amides is 1. The van der Waals surface area contributed by atoms with Crippen molar-refractivity contribution in [2.45, 2.75) is 26.1 Å². The summed E-state index contributed by atoms with van der Waals surface area (Å²) in [6.07, 6.45) is -0.0647. The van der Waals surface area contributed by atoms with Gasteiger partial charge in [0.05, 0.1) is 30.3 Å². The first-order valence-corrected chi connectivity index (χ1v) is 7.29. The van der Waals surface area contributed by atoms with Crippen LogP contribution in [0.1, 0.15) is 13.8 Å². The minimum atomic E-state index is -0.528. The lowest BCUT2D eigenvalue weighted by molar-refractivity contribution is -0.385. The number of nitro groups is 1. The van der Waals surface area contributed by atoms with E-state index in [0.717, 1.165) is 0 Å². The molecule has 23 heavy (non-hydrogen) atoms. The van der Waals surface area contributed by atoms with Gasteiger partial charge in [-0.1, -0.05) is 0 Å². The van der Waals surface area contributed by atoms with Crippen LogP contribution in [0.3, 0.4) is 0 Å². The second-order valence-corrected chi connectivity index (χ2v) is 5.44. The Morgan fingerprint density at radius 2 is 2.00 bits per heavy atom. The molecule has 0 unspecified atom stereocenters. The van der Waals surface area contributed by atoms with Gasteiger partial charge >= 0.3 is 0 Å². The van der Waals surface area contributed by atoms with Crippen LogP contribution in [0.4, 0.5) is 5.69 Å². The predicted octanol–water partition coefficient (Wildman–Crippen LogP) is 1.62. The number of benzene rings is 1. The number of hydrogen-bond donors (Lipinski definition) is 0. The maximum atomic E-state index is 12.3. The molecule has 1 aliphatic rings. The first-order valence-electron chi connectivity index (χ1n) is 7.29. The van der Waals surface area contributed by atoms with Crippen molar-refractivity contribution in [3.63, 3.8) is 0 Å². The van der Waals surface area contributed by atoms with Crippen LogP contribution in [0.5, 0.6) is 11.5 Å². The fraction of sp³-hybridized carbons (Fsp3) is 0.533. The number of morpholine rings is 1. The van der Waals surface area contributed by atoms with Crippen molar-refractivity contribution in [2.24, 2.45) is 0 Å². The molecule has 0 N–H and O–H groups in total. The van der Waals surface area contributed by atoms with Crippen molar-refractivity contribution in [1.29, 1.82) is 0 Å². The zero-order valence-corrected chi connectivity index (χ0v) is 13.4. The lowest BCUT2D eigenvalue weighted by Gasteiger charge is -2.35. The van der Waals surface area contributed by atoms with Crippen LogP contribution in [-0.4, -0.2) is 54.7 Å². The van der Waals surface area contributed by atoms with Crippen molar-refractivity contribution in [1.82, 2.24) is 4.90 Å². The quantitative estimate of drug-likeness (QED) is 0.604. The van der Waals surface area contributed by atoms with Crippen molar-refractivity contribution in [3.05, 3.63) is 28.3 Å². The van der Waals surface area contributed by atoms with Gasteiger partial charge in [-0.15, -0.1) is 0 Å². The van der Waals surface area contributed by atoms with Crippen LogP contribution >= 0.6 is 0 Å². The van der Waals surface area contributed by atoms with Crippen molar-refractivity contribution < 1.29 is 23.9 Å². The molecule has 0 saturated carbocycles. The van der Waals surface area contributed by atoms with Crippen LogP contribution in [0.2, 0.25) is 0 Å². The summed E-state index contributed by atoms with van der Waals surface area (Å²) in [7, 11) is 1.43. The zero-order chi connectivity index (χ0) is 17.0. The summed E-state index contributed by atoms with van der Waals surface area (Å²) in [4.78, 5) is 24.2. The summed E-state index contributed by atoms with van der Waals surface area (Å²) >= 11 is 0. The Kier molecular flexibility index (Phi) is 5.38. The van der Waals surface area contributed by atoms with E-state index >= 15 is 0 Å². The SMILES string of the molecule is COc1ccc([N+](=O)[O-])cc1OCC(=O)N1C[C@@H](C)O[C@@H](C)C1. The summed E-state index contributed by atoms with van der Waals surface area (Å²) < 4.78 is 16.1. The highest BCUT2D eigenvalue weighted by Gasteiger charge is 2.26. The molecule has 0 radical (unpaired) electrons. The van der Waals surface area contributed by atoms with Gasteiger partial charge in [0.2, 0.25) is 0 Å². The monoisotopic (exact) mass is 324 g/mol. The molecule has 0 aliphatic carbocycles. The predicted molar refractivity (Wildman–Crippen MR) is 81.7 cm³/mol. The fourth-order valence-corrected chi connectivity index (χ4v) is 2.50. The minimum Gasteiger partial charge on any atom is -0.493 e. The Hall–Kier alpha value is -2.35. The summed E-state index contributed by atoms with van der Waals surface area (Å²) in [5.41, 5.74) is -0.123. The highest BCUT2D eigenvalue weighted by Crippen LogP contribution is 2.31. The molecule has 2 rings (SSSR count). The molecular weight excluding hydrogens is 304 g/mol. The fourth-order valence-electron chi connectivity index (χ4n) is 2.50. The number of rotatable bonds is 5. The Morgan fingerprint density at radius 3 is 2.57 bits per heavy atom. The van der Waals surface area contributed by atoms with Crippen molar-refractivity contribution in [3.8, 4) is 11.5 Å². The molecule has 1 aromatic rings. The van der Waals surface area contributed by atoms with Gasteiger partial charge in [-0.25, -0.2) is 0 Å². The maximum absolute atomic E-state index is 12.3. The van der Waals surface area contributed by atoms with Gasteiger partial charge in [-0.2, -0.15) is 0 Å². The Morgan fingerprint density at radius 1 is 1.35 bits per heavy atom. The number of non-ortho nitro benzene ring substituents is 1. The molecule has 1 aliphatic heterocycles. The largest absolute Gasteiger partial charge is 0.493 e. The number of nitrogens with zero attached hydrogens (tertiary/aromatic N) is 2. The molecule has 1 amide bonds. The van der Waals surface area contributed by atoms with Gasteiger partial charge in [0.25, 0.3) is 11.6 Å². The molecule has 1 saturated heterocycles. The highest BCUT2D eigenvalue weighted by atomic mass is 16.6. The first-order chi connectivity index (χ1) is 10.9. The molecule has 1 fully saturated rings. The van der Waals surface area contributed by atoms with Crippen molar-refractivity contribution >= 4 is 11.6 Å². The third-order valence-electron chi connectivity index (χ3n) is 3.48. The summed E-state index contributed by atoms with van der Waals surface area (Å²) in [6.45, 7) is 4.59. The van der Waals surface area contributed by atoms with Gasteiger partial charge in [-0.05, 0) is 19.9 Å². The zero-order valence-electron chi connectivity index (χ0n) is 13.4. The molecule has 0 aromatic heterocycles. The van der Waals surface area contributed by atoms with E-state index in [0.29, 0.717) is 18.8 Å². The summed E-state index contributed by atoms with van der Waals surface area (Å²) in [5, 5.41) is 10.8. The topological polar surface area (TPSA) is 91.1 Å². The first kappa shape index (κ1) is 17.0. The molecule has 8 heteroatoms. The number of nitro benzene ring substituents is 1. The number of ether oxygens (including phenoxy) is 3. The molecule has 0 spiro atoms. The van der Waals surface area contributed by atoms with Crippen LogP contribution in [0.15, 0.2) is 18.2 Å². The number of hydrogen-bond acceptors (Lipinski definition) is 6. The number of carbonyl (C=O) groups excluding carboxylic acids is 1. The Labute approximate surface area is 134 Å². The average molecular weight is 324 g/mol. The number of carbonyl (C=O) groups is 1. The van der Waals surface area contributed by atoms with Crippen LogP contribution in [0.25, 0.3) is 0 Å². The molecule has 1 aromatic carbocycles. The second kappa shape index (κ2) is 7.28. The molecular formula is C15H20N2O6. The minimum absolute atomic E-state index is 0.0324. The number of methoxy groups -OCH3 is 1. The third-order valence-corrected chi connectivity index (χ3v) is 3.48. The Balaban J connectivity index is 2.03. The highest BCUT2D eigenvalue weighted by molar-refractivity contribution is 5.78. The second-order valence-electron chi connectivity index (χ2n) is 5.44. The van der Waals surface area contributed by atoms with Gasteiger partial charge in [0.15, 0.2) is 18.1 Å². The molecule has 126 valence electrons. The molecule has 0 bridgehead atoms. The Bertz CT molecular complexity index is 581. The average Bonchev–Trinajstić information content (AvgIpc) is 2.51. The van der Waals surface area contributed by atoms with Gasteiger partial charge in [0, 0.05) is 19.2 Å². The van der Waals surface area contributed by atoms with E-state index < -0.39 is 4.92 Å². The molecule has 1 heterocycles. The van der Waals surface area contributed by atoms with Crippen molar-refractivity contribution in [2.75, 3.05) is 26.8 Å². The summed E-state index contributed by atoms with van der Waals surface area (Å²) in [5.74, 6) is 0.317. The van der Waals surface area contributed by atoms with Gasteiger partial charge < -0.3 is 19.1 Å². The van der Waals surface area contributed by atoms with E-state index in [2.05, 4.69) is 0 Å². The smallest absolute Gasteiger partial charge is 0.273 e. The van der Waals surface area contributed by atoms with Gasteiger partial charge in [0.1, 0.15) is 0 Å². The normalized spacial score (nSPS) is 20.9. The van der Waals surface area contributed by atoms with Crippen LogP contribution in [0, 0.1) is 10.1 Å². The van der Waals surface area contributed by atoms with E-state index in [-0.39, 0.29) is 36.2 Å². The van der Waals surface area contributed by atoms with Gasteiger partial charge in [-0.3, -0.25) is 14.9 Å².